The van der Waals surface area contributed by atoms with Gasteiger partial charge in [0.1, 0.15) is 0 Å². The highest BCUT2D eigenvalue weighted by Gasteiger charge is 2.12. The third-order valence-electron chi connectivity index (χ3n) is 2.38. The van der Waals surface area contributed by atoms with Crippen molar-refractivity contribution in [2.75, 3.05) is 27.2 Å². The Morgan fingerprint density at radius 2 is 2.14 bits per heavy atom. The summed E-state index contributed by atoms with van der Waals surface area (Å²) in [6.45, 7) is 4.17. The largest absolute Gasteiger partial charge is 0.368 e. The first kappa shape index (κ1) is 13.4. The van der Waals surface area contributed by atoms with Crippen LogP contribution in [0.3, 0.4) is 0 Å². The van der Waals surface area contributed by atoms with E-state index in [9.17, 15) is 4.79 Å². The Balaban J connectivity index is 3.62. The molecule has 0 aliphatic carbocycles. The van der Waals surface area contributed by atoms with Crippen LogP contribution in [0.25, 0.3) is 0 Å². The summed E-state index contributed by atoms with van der Waals surface area (Å²) in [6, 6.07) is -0.195. The second-order valence-electron chi connectivity index (χ2n) is 3.69. The van der Waals surface area contributed by atoms with E-state index < -0.39 is 0 Å². The summed E-state index contributed by atoms with van der Waals surface area (Å²) in [4.78, 5) is 13.1. The molecule has 0 aromatic carbocycles. The Bertz CT molecular complexity index is 161. The average Bonchev–Trinajstić information content (AvgIpc) is 2.15. The zero-order valence-electron chi connectivity index (χ0n) is 9.55. The maximum Gasteiger partial charge on any atom is 0.234 e. The number of hydrogen-bond donors (Lipinski definition) is 2. The number of likely N-dealkylation sites (N-methyl/N-ethyl adjacent to an activating group) is 1. The fourth-order valence-electron chi connectivity index (χ4n) is 1.32. The molecule has 0 spiro atoms. The molecule has 0 rings (SSSR count). The second-order valence-corrected chi connectivity index (χ2v) is 3.69. The smallest absolute Gasteiger partial charge is 0.234 e. The van der Waals surface area contributed by atoms with Gasteiger partial charge in [-0.3, -0.25) is 4.79 Å². The molecule has 0 aliphatic heterocycles. The monoisotopic (exact) mass is 201 g/mol. The van der Waals surface area contributed by atoms with E-state index in [0.29, 0.717) is 0 Å². The molecule has 1 atom stereocenters. The van der Waals surface area contributed by atoms with Gasteiger partial charge in [-0.1, -0.05) is 13.3 Å². The second kappa shape index (κ2) is 7.76. The molecular formula is C10H23N3O. The quantitative estimate of drug-likeness (QED) is 0.589. The van der Waals surface area contributed by atoms with Gasteiger partial charge in [-0.05, 0) is 40.0 Å². The Hall–Kier alpha value is -0.610. The average molecular weight is 201 g/mol. The van der Waals surface area contributed by atoms with Gasteiger partial charge in [0, 0.05) is 0 Å². The number of hydrogen-bond acceptors (Lipinski definition) is 3. The minimum atomic E-state index is -0.267. The van der Waals surface area contributed by atoms with E-state index in [1.807, 2.05) is 0 Å². The van der Waals surface area contributed by atoms with Crippen molar-refractivity contribution < 1.29 is 4.79 Å². The first-order valence-electron chi connectivity index (χ1n) is 5.27. The highest BCUT2D eigenvalue weighted by molar-refractivity contribution is 5.79. The number of unbranched alkanes of at least 4 members (excludes halogenated alkanes) is 1. The number of nitrogens with zero attached hydrogens (tertiary/aromatic N) is 1. The maximum atomic E-state index is 10.9. The number of carbonyl (C=O) groups excluding carboxylic acids is 1. The van der Waals surface area contributed by atoms with Crippen LogP contribution in [0.5, 0.6) is 0 Å². The predicted octanol–water partition coefficient (Wildman–Crippen LogP) is 0.182. The van der Waals surface area contributed by atoms with E-state index in [1.165, 1.54) is 12.8 Å². The minimum absolute atomic E-state index is 0.195. The van der Waals surface area contributed by atoms with Crippen LogP contribution in [0.1, 0.15) is 26.2 Å². The van der Waals surface area contributed by atoms with E-state index >= 15 is 0 Å². The number of amides is 1. The van der Waals surface area contributed by atoms with Crippen LogP contribution < -0.4 is 11.1 Å². The lowest BCUT2D eigenvalue weighted by atomic mass is 10.2. The van der Waals surface area contributed by atoms with Gasteiger partial charge >= 0.3 is 0 Å². The first-order valence-corrected chi connectivity index (χ1v) is 5.27. The van der Waals surface area contributed by atoms with E-state index in [1.54, 1.807) is 7.05 Å². The van der Waals surface area contributed by atoms with Gasteiger partial charge < -0.3 is 16.0 Å². The lowest BCUT2D eigenvalue weighted by molar-refractivity contribution is -0.120. The summed E-state index contributed by atoms with van der Waals surface area (Å²) in [7, 11) is 3.84. The Morgan fingerprint density at radius 3 is 2.57 bits per heavy atom. The van der Waals surface area contributed by atoms with Crippen molar-refractivity contribution in [2.24, 2.45) is 5.73 Å². The van der Waals surface area contributed by atoms with Gasteiger partial charge in [-0.2, -0.15) is 0 Å². The molecular weight excluding hydrogens is 178 g/mol. The molecule has 0 saturated heterocycles. The number of nitrogens with two attached hydrogens (primary N) is 1. The number of carbonyl (C=O) groups is 1. The number of nitrogens with one attached hydrogen (secondary N) is 1. The van der Waals surface area contributed by atoms with E-state index in [0.717, 1.165) is 19.5 Å². The molecule has 1 amide bonds. The van der Waals surface area contributed by atoms with Crippen LogP contribution in [0.4, 0.5) is 0 Å². The molecule has 0 aromatic rings. The fraction of sp³-hybridized carbons (Fsp3) is 0.900. The van der Waals surface area contributed by atoms with Crippen molar-refractivity contribution in [1.29, 1.82) is 0 Å². The Kier molecular flexibility index (Phi) is 7.42. The van der Waals surface area contributed by atoms with Gasteiger partial charge in [0.25, 0.3) is 0 Å². The van der Waals surface area contributed by atoms with Gasteiger partial charge in [0.2, 0.25) is 5.91 Å². The van der Waals surface area contributed by atoms with Crippen molar-refractivity contribution in [3.63, 3.8) is 0 Å². The highest BCUT2D eigenvalue weighted by atomic mass is 16.1. The fourth-order valence-corrected chi connectivity index (χ4v) is 1.32. The molecule has 0 aromatic heterocycles. The third kappa shape index (κ3) is 5.94. The molecule has 0 radical (unpaired) electrons. The highest BCUT2D eigenvalue weighted by Crippen LogP contribution is 1.96. The Morgan fingerprint density at radius 1 is 1.50 bits per heavy atom. The molecule has 4 heteroatoms. The van der Waals surface area contributed by atoms with E-state index in [-0.39, 0.29) is 11.9 Å². The topological polar surface area (TPSA) is 58.4 Å². The summed E-state index contributed by atoms with van der Waals surface area (Å²) >= 11 is 0. The summed E-state index contributed by atoms with van der Waals surface area (Å²) < 4.78 is 0. The van der Waals surface area contributed by atoms with Crippen LogP contribution in [-0.4, -0.2) is 44.0 Å². The summed E-state index contributed by atoms with van der Waals surface area (Å²) in [6.07, 6.45) is 3.19. The first-order chi connectivity index (χ1) is 6.61. The minimum Gasteiger partial charge on any atom is -0.368 e. The third-order valence-corrected chi connectivity index (χ3v) is 2.38. The van der Waals surface area contributed by atoms with Gasteiger partial charge in [-0.25, -0.2) is 0 Å². The lowest BCUT2D eigenvalue weighted by Crippen LogP contribution is -2.41. The van der Waals surface area contributed by atoms with Crippen LogP contribution in [0.15, 0.2) is 0 Å². The van der Waals surface area contributed by atoms with Crippen molar-refractivity contribution >= 4 is 5.91 Å². The Labute approximate surface area is 86.8 Å². The summed E-state index contributed by atoms with van der Waals surface area (Å²) in [5.74, 6) is -0.267. The van der Waals surface area contributed by atoms with Crippen LogP contribution in [0.2, 0.25) is 0 Å². The lowest BCUT2D eigenvalue weighted by Gasteiger charge is -2.19. The van der Waals surface area contributed by atoms with Crippen molar-refractivity contribution in [3.05, 3.63) is 0 Å². The molecule has 0 heterocycles. The van der Waals surface area contributed by atoms with Crippen molar-refractivity contribution in [3.8, 4) is 0 Å². The summed E-state index contributed by atoms with van der Waals surface area (Å²) in [5.41, 5.74) is 5.21. The molecule has 0 fully saturated rings. The normalized spacial score (nSPS) is 13.1. The molecule has 14 heavy (non-hydrogen) atoms. The molecule has 4 nitrogen and oxygen atoms in total. The van der Waals surface area contributed by atoms with E-state index in [2.05, 4.69) is 24.2 Å². The summed E-state index contributed by atoms with van der Waals surface area (Å²) in [5, 5.41) is 2.91. The molecule has 3 N–H and O–H groups in total. The van der Waals surface area contributed by atoms with Gasteiger partial charge in [-0.15, -0.1) is 0 Å². The molecule has 0 aliphatic rings. The molecule has 1 unspecified atom stereocenters. The van der Waals surface area contributed by atoms with Crippen LogP contribution >= 0.6 is 0 Å². The zero-order chi connectivity index (χ0) is 11.0. The van der Waals surface area contributed by atoms with Crippen LogP contribution in [-0.2, 0) is 4.79 Å². The molecule has 84 valence electrons. The van der Waals surface area contributed by atoms with Gasteiger partial charge in [0.05, 0.1) is 6.04 Å². The number of rotatable bonds is 8. The maximum absolute atomic E-state index is 10.9. The van der Waals surface area contributed by atoms with Gasteiger partial charge in [0.15, 0.2) is 0 Å². The zero-order valence-corrected chi connectivity index (χ0v) is 9.55. The molecule has 0 bridgehead atoms. The molecule has 0 saturated carbocycles. The van der Waals surface area contributed by atoms with Crippen molar-refractivity contribution in [2.45, 2.75) is 32.2 Å². The number of primary amides is 1. The van der Waals surface area contributed by atoms with Crippen molar-refractivity contribution in [1.82, 2.24) is 10.2 Å². The SMILES string of the molecule is CCCCN(C)CCC(NC)C(N)=O. The van der Waals surface area contributed by atoms with Crippen LogP contribution in [0, 0.1) is 0 Å². The van der Waals surface area contributed by atoms with E-state index in [4.69, 9.17) is 5.73 Å². The standard InChI is InChI=1S/C10H23N3O/c1-4-5-7-13(3)8-6-9(12-2)10(11)14/h9,12H,4-8H2,1-3H3,(H2,11,14). The predicted molar refractivity (Wildman–Crippen MR) is 59.1 cm³/mol.